The molecule has 1 aliphatic heterocycles. The van der Waals surface area contributed by atoms with Gasteiger partial charge in [0.15, 0.2) is 0 Å². The molecule has 3 rings (SSSR count). The molecule has 2 aromatic rings. The van der Waals surface area contributed by atoms with Gasteiger partial charge in [-0.25, -0.2) is 0 Å². The number of carbonyl (C=O) groups excluding carboxylic acids is 1. The van der Waals surface area contributed by atoms with Crippen LogP contribution < -0.4 is 9.64 Å². The zero-order chi connectivity index (χ0) is 17.6. The first-order valence-corrected chi connectivity index (χ1v) is 8.97. The minimum atomic E-state index is 0.202. The standard InChI is InChI=1S/C21H26N2O2/c1-3-25-20-9-7-18(8-10-20)16-21(24)23-13-11-22(12-14-23)19-6-4-5-17(2)15-19/h4-10,15H,3,11-14,16H2,1-2H3. The molecule has 1 fully saturated rings. The molecule has 0 saturated carbocycles. The summed E-state index contributed by atoms with van der Waals surface area (Å²) in [6.45, 7) is 8.07. The van der Waals surface area contributed by atoms with Crippen molar-refractivity contribution in [1.29, 1.82) is 0 Å². The van der Waals surface area contributed by atoms with E-state index in [1.807, 2.05) is 36.1 Å². The summed E-state index contributed by atoms with van der Waals surface area (Å²) in [6, 6.07) is 16.4. The topological polar surface area (TPSA) is 32.8 Å². The van der Waals surface area contributed by atoms with Crippen molar-refractivity contribution in [3.05, 3.63) is 59.7 Å². The quantitative estimate of drug-likeness (QED) is 0.839. The Balaban J connectivity index is 1.53. The van der Waals surface area contributed by atoms with Crippen LogP contribution in [0.1, 0.15) is 18.1 Å². The molecule has 4 nitrogen and oxygen atoms in total. The molecular weight excluding hydrogens is 312 g/mol. The van der Waals surface area contributed by atoms with E-state index >= 15 is 0 Å². The second-order valence-corrected chi connectivity index (χ2v) is 6.46. The summed E-state index contributed by atoms with van der Waals surface area (Å²) in [5.74, 6) is 1.05. The summed E-state index contributed by atoms with van der Waals surface area (Å²) in [6.07, 6.45) is 0.455. The fraction of sp³-hybridized carbons (Fsp3) is 0.381. The molecule has 132 valence electrons. The van der Waals surface area contributed by atoms with Crippen LogP contribution in [0.5, 0.6) is 5.75 Å². The molecule has 1 saturated heterocycles. The molecule has 0 radical (unpaired) electrons. The lowest BCUT2D eigenvalue weighted by Gasteiger charge is -2.36. The fourth-order valence-electron chi connectivity index (χ4n) is 3.20. The van der Waals surface area contributed by atoms with E-state index in [0.29, 0.717) is 13.0 Å². The van der Waals surface area contributed by atoms with E-state index in [1.54, 1.807) is 0 Å². The van der Waals surface area contributed by atoms with Crippen LogP contribution in [0.3, 0.4) is 0 Å². The lowest BCUT2D eigenvalue weighted by molar-refractivity contribution is -0.130. The molecule has 0 aromatic heterocycles. The van der Waals surface area contributed by atoms with Gasteiger partial charge in [-0.3, -0.25) is 4.79 Å². The van der Waals surface area contributed by atoms with E-state index in [1.165, 1.54) is 11.3 Å². The number of ether oxygens (including phenoxy) is 1. The van der Waals surface area contributed by atoms with Crippen molar-refractivity contribution >= 4 is 11.6 Å². The maximum atomic E-state index is 12.6. The van der Waals surface area contributed by atoms with Crippen molar-refractivity contribution in [3.63, 3.8) is 0 Å². The Morgan fingerprint density at radius 3 is 2.40 bits per heavy atom. The van der Waals surface area contributed by atoms with E-state index in [4.69, 9.17) is 4.74 Å². The molecule has 0 N–H and O–H groups in total. The van der Waals surface area contributed by atoms with Gasteiger partial charge in [0, 0.05) is 31.9 Å². The number of nitrogens with zero attached hydrogens (tertiary/aromatic N) is 2. The van der Waals surface area contributed by atoms with Crippen LogP contribution in [0.25, 0.3) is 0 Å². The lowest BCUT2D eigenvalue weighted by Crippen LogP contribution is -2.49. The zero-order valence-electron chi connectivity index (χ0n) is 15.1. The first-order chi connectivity index (χ1) is 12.2. The van der Waals surface area contributed by atoms with E-state index in [9.17, 15) is 4.79 Å². The number of piperazine rings is 1. The van der Waals surface area contributed by atoms with Crippen LogP contribution in [0, 0.1) is 6.92 Å². The van der Waals surface area contributed by atoms with Crippen LogP contribution in [-0.4, -0.2) is 43.6 Å². The van der Waals surface area contributed by atoms with E-state index < -0.39 is 0 Å². The summed E-state index contributed by atoms with van der Waals surface area (Å²) in [4.78, 5) is 16.9. The SMILES string of the molecule is CCOc1ccc(CC(=O)N2CCN(c3cccc(C)c3)CC2)cc1. The van der Waals surface area contributed by atoms with E-state index in [0.717, 1.165) is 37.5 Å². The van der Waals surface area contributed by atoms with E-state index in [2.05, 4.69) is 36.1 Å². The normalized spacial score (nSPS) is 14.5. The highest BCUT2D eigenvalue weighted by molar-refractivity contribution is 5.79. The number of aryl methyl sites for hydroxylation is 1. The first kappa shape index (κ1) is 17.3. The van der Waals surface area contributed by atoms with Gasteiger partial charge < -0.3 is 14.5 Å². The summed E-state index contributed by atoms with van der Waals surface area (Å²) in [5.41, 5.74) is 3.56. The van der Waals surface area contributed by atoms with Crippen molar-refractivity contribution < 1.29 is 9.53 Å². The second kappa shape index (κ2) is 8.06. The number of anilines is 1. The van der Waals surface area contributed by atoms with Crippen molar-refractivity contribution in [3.8, 4) is 5.75 Å². The fourth-order valence-corrected chi connectivity index (χ4v) is 3.20. The average molecular weight is 338 g/mol. The summed E-state index contributed by atoms with van der Waals surface area (Å²) in [7, 11) is 0. The minimum absolute atomic E-state index is 0.202. The van der Waals surface area contributed by atoms with Crippen molar-refractivity contribution in [2.75, 3.05) is 37.7 Å². The molecule has 2 aromatic carbocycles. The molecule has 0 aliphatic carbocycles. The summed E-state index contributed by atoms with van der Waals surface area (Å²) < 4.78 is 5.44. The van der Waals surface area contributed by atoms with Gasteiger partial charge in [0.2, 0.25) is 5.91 Å². The van der Waals surface area contributed by atoms with Crippen LogP contribution in [0.2, 0.25) is 0 Å². The Kier molecular flexibility index (Phi) is 5.59. The van der Waals surface area contributed by atoms with Gasteiger partial charge in [0.1, 0.15) is 5.75 Å². The monoisotopic (exact) mass is 338 g/mol. The highest BCUT2D eigenvalue weighted by Crippen LogP contribution is 2.18. The largest absolute Gasteiger partial charge is 0.494 e. The van der Waals surface area contributed by atoms with Crippen LogP contribution in [0.4, 0.5) is 5.69 Å². The Hall–Kier alpha value is -2.49. The van der Waals surface area contributed by atoms with Crippen molar-refractivity contribution in [2.45, 2.75) is 20.3 Å². The molecule has 4 heteroatoms. The first-order valence-electron chi connectivity index (χ1n) is 8.97. The number of rotatable bonds is 5. The Morgan fingerprint density at radius 1 is 1.04 bits per heavy atom. The Morgan fingerprint density at radius 2 is 1.76 bits per heavy atom. The van der Waals surface area contributed by atoms with E-state index in [-0.39, 0.29) is 5.91 Å². The van der Waals surface area contributed by atoms with Crippen LogP contribution in [-0.2, 0) is 11.2 Å². The third kappa shape index (κ3) is 4.53. The second-order valence-electron chi connectivity index (χ2n) is 6.46. The summed E-state index contributed by atoms with van der Waals surface area (Å²) >= 11 is 0. The zero-order valence-corrected chi connectivity index (χ0v) is 15.1. The number of carbonyl (C=O) groups is 1. The molecule has 0 spiro atoms. The molecule has 1 heterocycles. The predicted molar refractivity (Wildman–Crippen MR) is 101 cm³/mol. The van der Waals surface area contributed by atoms with Crippen LogP contribution >= 0.6 is 0 Å². The maximum Gasteiger partial charge on any atom is 0.227 e. The Labute approximate surface area is 150 Å². The van der Waals surface area contributed by atoms with Crippen molar-refractivity contribution in [2.24, 2.45) is 0 Å². The number of amides is 1. The highest BCUT2D eigenvalue weighted by atomic mass is 16.5. The third-order valence-electron chi connectivity index (χ3n) is 4.59. The van der Waals surface area contributed by atoms with Crippen molar-refractivity contribution in [1.82, 2.24) is 4.90 Å². The van der Waals surface area contributed by atoms with Gasteiger partial charge >= 0.3 is 0 Å². The smallest absolute Gasteiger partial charge is 0.227 e. The van der Waals surface area contributed by atoms with Gasteiger partial charge in [-0.05, 0) is 49.2 Å². The average Bonchev–Trinajstić information content (AvgIpc) is 2.64. The Bertz CT molecular complexity index is 704. The number of benzene rings is 2. The number of hydrogen-bond acceptors (Lipinski definition) is 3. The van der Waals surface area contributed by atoms with Crippen LogP contribution in [0.15, 0.2) is 48.5 Å². The van der Waals surface area contributed by atoms with Gasteiger partial charge in [0.05, 0.1) is 13.0 Å². The maximum absolute atomic E-state index is 12.6. The lowest BCUT2D eigenvalue weighted by atomic mass is 10.1. The molecule has 0 bridgehead atoms. The third-order valence-corrected chi connectivity index (χ3v) is 4.59. The molecule has 1 amide bonds. The molecule has 0 unspecified atom stereocenters. The van der Waals surface area contributed by atoms with Gasteiger partial charge in [-0.1, -0.05) is 24.3 Å². The molecular formula is C21H26N2O2. The van der Waals surface area contributed by atoms with Gasteiger partial charge in [0.25, 0.3) is 0 Å². The minimum Gasteiger partial charge on any atom is -0.494 e. The summed E-state index contributed by atoms with van der Waals surface area (Å²) in [5, 5.41) is 0. The molecule has 1 aliphatic rings. The number of hydrogen-bond donors (Lipinski definition) is 0. The van der Waals surface area contributed by atoms with Gasteiger partial charge in [-0.15, -0.1) is 0 Å². The highest BCUT2D eigenvalue weighted by Gasteiger charge is 2.21. The molecule has 0 atom stereocenters. The molecule has 25 heavy (non-hydrogen) atoms. The predicted octanol–water partition coefficient (Wildman–Crippen LogP) is 3.29. The van der Waals surface area contributed by atoms with Gasteiger partial charge in [-0.2, -0.15) is 0 Å².